The number of rotatable bonds is 11. The Morgan fingerprint density at radius 1 is 0.968 bits per heavy atom. The van der Waals surface area contributed by atoms with Crippen LogP contribution in [-0.4, -0.2) is 48.4 Å². The Morgan fingerprint density at radius 2 is 1.61 bits per heavy atom. The van der Waals surface area contributed by atoms with Crippen LogP contribution in [0.3, 0.4) is 0 Å². The van der Waals surface area contributed by atoms with Crippen LogP contribution in [0.25, 0.3) is 0 Å². The number of benzene rings is 2. The van der Waals surface area contributed by atoms with E-state index in [1.165, 1.54) is 17.6 Å². The molecule has 0 aromatic heterocycles. The lowest BCUT2D eigenvalue weighted by atomic mass is 10.1. The molecule has 0 heterocycles. The lowest BCUT2D eigenvalue weighted by Crippen LogP contribution is -2.48. The van der Waals surface area contributed by atoms with E-state index in [9.17, 15) is 23.1 Å². The highest BCUT2D eigenvalue weighted by Gasteiger charge is 2.36. The summed E-state index contributed by atoms with van der Waals surface area (Å²) in [6.45, 7) is 1.61. The number of nitrogens with one attached hydrogen (secondary N) is 2. The molecule has 1 atom stereocenters. The van der Waals surface area contributed by atoms with E-state index >= 15 is 0 Å². The molecule has 0 bridgehead atoms. The Hall–Kier alpha value is -2.75. The molecule has 1 unspecified atom stereocenters. The van der Waals surface area contributed by atoms with Crippen molar-refractivity contribution >= 4 is 21.7 Å². The third-order valence-electron chi connectivity index (χ3n) is 4.81. The maximum atomic E-state index is 12.4. The molecule has 0 aliphatic carbocycles. The maximum Gasteiger partial charge on any atom is 0.276 e. The number of hydrogen-bond donors (Lipinski definition) is 4. The molecule has 31 heavy (non-hydrogen) atoms. The largest absolute Gasteiger partial charge is 0.379 e. The van der Waals surface area contributed by atoms with Crippen molar-refractivity contribution in [3.8, 4) is 0 Å². The molecule has 8 nitrogen and oxygen atoms in total. The average molecular weight is 449 g/mol. The Labute approximate surface area is 182 Å². The van der Waals surface area contributed by atoms with Gasteiger partial charge in [0, 0.05) is 12.1 Å². The van der Waals surface area contributed by atoms with E-state index in [1.807, 2.05) is 18.2 Å². The van der Waals surface area contributed by atoms with E-state index in [0.29, 0.717) is 12.1 Å². The fourth-order valence-corrected chi connectivity index (χ4v) is 4.62. The molecule has 2 rings (SSSR count). The first kappa shape index (κ1) is 24.5. The van der Waals surface area contributed by atoms with Crippen LogP contribution in [-0.2, 0) is 21.1 Å². The van der Waals surface area contributed by atoms with Gasteiger partial charge in [0.15, 0.2) is 15.4 Å². The van der Waals surface area contributed by atoms with Gasteiger partial charge in [-0.05, 0) is 56.0 Å². The Bertz CT molecular complexity index is 973. The van der Waals surface area contributed by atoms with Gasteiger partial charge in [0.25, 0.3) is 11.8 Å². The van der Waals surface area contributed by atoms with Gasteiger partial charge in [-0.15, -0.1) is 0 Å². The number of sulfone groups is 1. The van der Waals surface area contributed by atoms with Crippen molar-refractivity contribution < 1.29 is 28.3 Å². The second kappa shape index (κ2) is 11.0. The zero-order valence-electron chi connectivity index (χ0n) is 17.4. The van der Waals surface area contributed by atoms with E-state index in [2.05, 4.69) is 5.32 Å². The van der Waals surface area contributed by atoms with E-state index in [0.717, 1.165) is 38.2 Å². The molecule has 2 amide bonds. The molecule has 0 saturated heterocycles. The highest BCUT2D eigenvalue weighted by Crippen LogP contribution is 2.18. The molecule has 0 saturated carbocycles. The topological polar surface area (TPSA) is 133 Å². The van der Waals surface area contributed by atoms with Crippen molar-refractivity contribution in [3.05, 3.63) is 65.7 Å². The number of carbonyl (C=O) groups is 2. The van der Waals surface area contributed by atoms with Gasteiger partial charge < -0.3 is 10.4 Å². The molecule has 0 spiro atoms. The Morgan fingerprint density at radius 3 is 2.23 bits per heavy atom. The molecule has 168 valence electrons. The summed E-state index contributed by atoms with van der Waals surface area (Å²) in [4.78, 5) is 23.3. The molecule has 2 aromatic rings. The average Bonchev–Trinajstić information content (AvgIpc) is 2.75. The smallest absolute Gasteiger partial charge is 0.276 e. The number of hydroxylamine groups is 1. The zero-order valence-corrected chi connectivity index (χ0v) is 18.2. The van der Waals surface area contributed by atoms with Gasteiger partial charge in [-0.25, -0.2) is 13.9 Å². The first-order valence-electron chi connectivity index (χ1n) is 9.97. The number of amides is 2. The summed E-state index contributed by atoms with van der Waals surface area (Å²) in [5, 5.41) is 21.4. The predicted octanol–water partition coefficient (Wildman–Crippen LogP) is 1.86. The molecule has 0 radical (unpaired) electrons. The predicted molar refractivity (Wildman–Crippen MR) is 115 cm³/mol. The Kier molecular flexibility index (Phi) is 8.73. The van der Waals surface area contributed by atoms with Gasteiger partial charge in [0.05, 0.1) is 10.6 Å². The van der Waals surface area contributed by atoms with Crippen molar-refractivity contribution in [2.75, 3.05) is 12.3 Å². The third-order valence-corrected chi connectivity index (χ3v) is 6.74. The maximum absolute atomic E-state index is 12.4. The first-order valence-corrected chi connectivity index (χ1v) is 11.6. The van der Waals surface area contributed by atoms with Gasteiger partial charge in [-0.2, -0.15) is 0 Å². The van der Waals surface area contributed by atoms with Gasteiger partial charge in [-0.3, -0.25) is 14.8 Å². The van der Waals surface area contributed by atoms with Gasteiger partial charge in [-0.1, -0.05) is 36.8 Å². The lowest BCUT2D eigenvalue weighted by Gasteiger charge is -2.20. The van der Waals surface area contributed by atoms with Crippen LogP contribution in [0.1, 0.15) is 42.1 Å². The highest BCUT2D eigenvalue weighted by atomic mass is 32.2. The third kappa shape index (κ3) is 7.46. The van der Waals surface area contributed by atoms with Crippen LogP contribution in [0.15, 0.2) is 59.5 Å². The molecule has 2 aromatic carbocycles. The second-order valence-corrected chi connectivity index (χ2v) is 9.54. The normalized spacial score (nSPS) is 13.3. The summed E-state index contributed by atoms with van der Waals surface area (Å²) in [6, 6.07) is 15.3. The number of aryl methyl sites for hydroxylation is 1. The van der Waals surface area contributed by atoms with Crippen molar-refractivity contribution in [2.45, 2.75) is 43.1 Å². The minimum absolute atomic E-state index is 0.00844. The number of carbonyl (C=O) groups excluding carboxylic acids is 2. The van der Waals surface area contributed by atoms with Crippen LogP contribution in [0, 0.1) is 0 Å². The summed E-state index contributed by atoms with van der Waals surface area (Å²) in [5.41, 5.74) is 0.616. The van der Waals surface area contributed by atoms with E-state index in [1.54, 1.807) is 24.3 Å². The Balaban J connectivity index is 1.76. The van der Waals surface area contributed by atoms with Gasteiger partial charge in [0.2, 0.25) is 0 Å². The number of hydrogen-bond acceptors (Lipinski definition) is 6. The number of aliphatic hydroxyl groups is 1. The summed E-state index contributed by atoms with van der Waals surface area (Å²) < 4.78 is 24.8. The minimum Gasteiger partial charge on any atom is -0.379 e. The van der Waals surface area contributed by atoms with E-state index < -0.39 is 27.1 Å². The molecule has 0 aliphatic rings. The van der Waals surface area contributed by atoms with Crippen molar-refractivity contribution in [2.24, 2.45) is 0 Å². The molecular weight excluding hydrogens is 420 g/mol. The van der Waals surface area contributed by atoms with Crippen LogP contribution in [0.5, 0.6) is 0 Å². The van der Waals surface area contributed by atoms with E-state index in [4.69, 9.17) is 5.21 Å². The summed E-state index contributed by atoms with van der Waals surface area (Å²) >= 11 is 0. The molecular formula is C22H28N2O6S. The summed E-state index contributed by atoms with van der Waals surface area (Å²) in [5.74, 6) is -2.12. The van der Waals surface area contributed by atoms with Gasteiger partial charge >= 0.3 is 0 Å². The first-order chi connectivity index (χ1) is 14.7. The minimum atomic E-state index is -3.92. The van der Waals surface area contributed by atoms with Crippen LogP contribution >= 0.6 is 0 Å². The van der Waals surface area contributed by atoms with Crippen LogP contribution in [0.4, 0.5) is 0 Å². The molecule has 0 fully saturated rings. The standard InChI is InChI=1S/C22H28N2O6S/c1-22(27,21(26)24-28)16-31(29,30)19-13-11-17(12-14-19)8-4-3-7-15-23-20(25)18-9-5-2-6-10-18/h2,5-6,9-14,27-28H,3-4,7-8,15-16H2,1H3,(H,23,25)(H,24,26). The monoisotopic (exact) mass is 448 g/mol. The van der Waals surface area contributed by atoms with Crippen molar-refractivity contribution in [3.63, 3.8) is 0 Å². The summed E-state index contributed by atoms with van der Waals surface area (Å²) in [6.07, 6.45) is 3.40. The van der Waals surface area contributed by atoms with Crippen molar-refractivity contribution in [1.82, 2.24) is 10.8 Å². The summed E-state index contributed by atoms with van der Waals surface area (Å²) in [7, 11) is -3.92. The molecule has 9 heteroatoms. The van der Waals surface area contributed by atoms with Crippen molar-refractivity contribution in [1.29, 1.82) is 0 Å². The van der Waals surface area contributed by atoms with Gasteiger partial charge in [0.1, 0.15) is 0 Å². The van der Waals surface area contributed by atoms with Crippen LogP contribution < -0.4 is 10.8 Å². The second-order valence-electron chi connectivity index (χ2n) is 7.55. The molecule has 4 N–H and O–H groups in total. The highest BCUT2D eigenvalue weighted by molar-refractivity contribution is 7.91. The lowest BCUT2D eigenvalue weighted by molar-refractivity contribution is -0.144. The van der Waals surface area contributed by atoms with E-state index in [-0.39, 0.29) is 10.8 Å². The van der Waals surface area contributed by atoms with Crippen LogP contribution in [0.2, 0.25) is 0 Å². The quantitative estimate of drug-likeness (QED) is 0.236. The molecule has 0 aliphatic heterocycles. The number of unbranched alkanes of at least 4 members (excludes halogenated alkanes) is 2. The fourth-order valence-electron chi connectivity index (χ4n) is 3.03. The fraction of sp³-hybridized carbons (Fsp3) is 0.364. The zero-order chi connectivity index (χ0) is 22.9. The SMILES string of the molecule is CC(O)(CS(=O)(=O)c1ccc(CCCCCNC(=O)c2ccccc2)cc1)C(=O)NO.